The van der Waals surface area contributed by atoms with Gasteiger partial charge < -0.3 is 15.5 Å². The fraction of sp³-hybridized carbons (Fsp3) is 0.261. The van der Waals surface area contributed by atoms with Crippen molar-refractivity contribution in [2.75, 3.05) is 36.0 Å². The normalized spacial score (nSPS) is 14.7. The molecule has 2 N–H and O–H groups in total. The van der Waals surface area contributed by atoms with Crippen molar-refractivity contribution < 1.29 is 9.59 Å². The van der Waals surface area contributed by atoms with Crippen LogP contribution in [-0.4, -0.2) is 43.1 Å². The molecule has 2 aromatic carbocycles. The van der Waals surface area contributed by atoms with Crippen molar-refractivity contribution in [3.05, 3.63) is 59.6 Å². The van der Waals surface area contributed by atoms with E-state index in [0.717, 1.165) is 13.0 Å². The molecular formula is C23H23N5O2S2. The van der Waals surface area contributed by atoms with Gasteiger partial charge in [0.1, 0.15) is 0 Å². The Bertz CT molecular complexity index is 1100. The standard InChI is InChI=1S/C23H23N5O2S2/c29-21(14-16-15-31-23(26-16)28-13-11-25-22(28)30)24-10-5-12-27-17-6-1-3-8-19(17)32-20-9-4-2-7-18(20)27/h1-4,6-9,15H,5,10-14H2,(H,24,29)(H,25,30). The summed E-state index contributed by atoms with van der Waals surface area (Å²) in [5.74, 6) is -0.0530. The van der Waals surface area contributed by atoms with Gasteiger partial charge in [0.05, 0.1) is 23.5 Å². The number of para-hydroxylation sites is 2. The van der Waals surface area contributed by atoms with Crippen LogP contribution in [0.2, 0.25) is 0 Å². The zero-order valence-corrected chi connectivity index (χ0v) is 19.0. The number of benzene rings is 2. The lowest BCUT2D eigenvalue weighted by molar-refractivity contribution is -0.120. The summed E-state index contributed by atoms with van der Waals surface area (Å²) in [7, 11) is 0. The van der Waals surface area contributed by atoms with E-state index in [1.807, 2.05) is 5.38 Å². The van der Waals surface area contributed by atoms with Gasteiger partial charge in [0.15, 0.2) is 5.13 Å². The molecule has 0 radical (unpaired) electrons. The number of thiazole rings is 1. The first-order valence-corrected chi connectivity index (χ1v) is 12.3. The number of carbonyl (C=O) groups is 2. The van der Waals surface area contributed by atoms with Crippen molar-refractivity contribution in [2.45, 2.75) is 22.6 Å². The van der Waals surface area contributed by atoms with Gasteiger partial charge in [-0.2, -0.15) is 0 Å². The number of rotatable bonds is 7. The molecule has 3 aromatic rings. The highest BCUT2D eigenvalue weighted by atomic mass is 32.2. The van der Waals surface area contributed by atoms with E-state index in [2.05, 4.69) is 69.0 Å². The number of nitrogens with one attached hydrogen (secondary N) is 2. The molecule has 3 heterocycles. The molecule has 1 aromatic heterocycles. The highest BCUT2D eigenvalue weighted by molar-refractivity contribution is 7.99. The maximum absolute atomic E-state index is 12.4. The lowest BCUT2D eigenvalue weighted by Crippen LogP contribution is -2.30. The Balaban J connectivity index is 1.15. The van der Waals surface area contributed by atoms with Gasteiger partial charge in [0.2, 0.25) is 5.91 Å². The van der Waals surface area contributed by atoms with Gasteiger partial charge >= 0.3 is 6.03 Å². The Hall–Kier alpha value is -3.04. The minimum absolute atomic E-state index is 0.0530. The van der Waals surface area contributed by atoms with Crippen molar-refractivity contribution in [1.82, 2.24) is 15.6 Å². The second-order valence-electron chi connectivity index (χ2n) is 7.57. The van der Waals surface area contributed by atoms with E-state index < -0.39 is 0 Å². The third-order valence-corrected chi connectivity index (χ3v) is 7.42. The molecule has 32 heavy (non-hydrogen) atoms. The first kappa shape index (κ1) is 20.8. The van der Waals surface area contributed by atoms with Crippen LogP contribution in [0.1, 0.15) is 12.1 Å². The van der Waals surface area contributed by atoms with Crippen LogP contribution in [0.5, 0.6) is 0 Å². The van der Waals surface area contributed by atoms with Gasteiger partial charge in [-0.05, 0) is 30.7 Å². The van der Waals surface area contributed by atoms with E-state index >= 15 is 0 Å². The molecule has 0 aliphatic carbocycles. The molecule has 3 amide bonds. The van der Waals surface area contributed by atoms with Gasteiger partial charge in [0.25, 0.3) is 0 Å². The molecule has 164 valence electrons. The highest BCUT2D eigenvalue weighted by Crippen LogP contribution is 2.47. The molecule has 0 atom stereocenters. The summed E-state index contributed by atoms with van der Waals surface area (Å²) in [5.41, 5.74) is 3.12. The number of amides is 3. The fourth-order valence-electron chi connectivity index (χ4n) is 3.87. The van der Waals surface area contributed by atoms with E-state index in [4.69, 9.17) is 0 Å². The molecule has 2 aliphatic heterocycles. The SMILES string of the molecule is O=C(Cc1csc(N2CCNC2=O)n1)NCCCN1c2ccccc2Sc2ccccc21. The number of carbonyl (C=O) groups excluding carboxylic acids is 2. The lowest BCUT2D eigenvalue weighted by atomic mass is 10.2. The Kier molecular flexibility index (Phi) is 6.00. The number of urea groups is 1. The first-order chi connectivity index (χ1) is 15.7. The summed E-state index contributed by atoms with van der Waals surface area (Å²) >= 11 is 3.19. The molecule has 0 unspecified atom stereocenters. The van der Waals surface area contributed by atoms with Crippen molar-refractivity contribution in [1.29, 1.82) is 0 Å². The quantitative estimate of drug-likeness (QED) is 0.516. The molecule has 5 rings (SSSR count). The molecule has 2 aliphatic rings. The van der Waals surface area contributed by atoms with Crippen LogP contribution in [0.4, 0.5) is 21.3 Å². The largest absolute Gasteiger partial charge is 0.356 e. The van der Waals surface area contributed by atoms with Crippen LogP contribution >= 0.6 is 23.1 Å². The molecule has 0 bridgehead atoms. The van der Waals surface area contributed by atoms with Crippen LogP contribution in [0.15, 0.2) is 63.7 Å². The topological polar surface area (TPSA) is 77.6 Å². The summed E-state index contributed by atoms with van der Waals surface area (Å²) in [4.78, 5) is 35.1. The number of hydrogen-bond donors (Lipinski definition) is 2. The van der Waals surface area contributed by atoms with Crippen LogP contribution in [0, 0.1) is 0 Å². The van der Waals surface area contributed by atoms with Gasteiger partial charge in [-0.15, -0.1) is 11.3 Å². The summed E-state index contributed by atoms with van der Waals surface area (Å²) < 4.78 is 0. The fourth-order valence-corrected chi connectivity index (χ4v) is 5.81. The second kappa shape index (κ2) is 9.22. The first-order valence-electron chi connectivity index (χ1n) is 10.6. The zero-order chi connectivity index (χ0) is 21.9. The monoisotopic (exact) mass is 465 g/mol. The Morgan fingerprint density at radius 2 is 1.81 bits per heavy atom. The van der Waals surface area contributed by atoms with Crippen molar-refractivity contribution >= 4 is 51.5 Å². The van der Waals surface area contributed by atoms with Crippen molar-refractivity contribution in [3.8, 4) is 0 Å². The van der Waals surface area contributed by atoms with Gasteiger partial charge in [0, 0.05) is 41.4 Å². The molecular weight excluding hydrogens is 442 g/mol. The van der Waals surface area contributed by atoms with Gasteiger partial charge in [-0.3, -0.25) is 9.69 Å². The number of aromatic nitrogens is 1. The number of anilines is 3. The molecule has 0 spiro atoms. The molecule has 0 saturated carbocycles. The smallest absolute Gasteiger partial charge is 0.323 e. The summed E-state index contributed by atoms with van der Waals surface area (Å²) in [5, 5.41) is 8.26. The summed E-state index contributed by atoms with van der Waals surface area (Å²) in [6.45, 7) is 2.65. The second-order valence-corrected chi connectivity index (χ2v) is 9.49. The third kappa shape index (κ3) is 4.31. The maximum Gasteiger partial charge on any atom is 0.323 e. The minimum atomic E-state index is -0.130. The molecule has 7 nitrogen and oxygen atoms in total. The van der Waals surface area contributed by atoms with Crippen molar-refractivity contribution in [2.24, 2.45) is 0 Å². The Morgan fingerprint density at radius 1 is 1.09 bits per heavy atom. The average molecular weight is 466 g/mol. The van der Waals surface area contributed by atoms with E-state index in [0.29, 0.717) is 30.5 Å². The van der Waals surface area contributed by atoms with Crippen molar-refractivity contribution in [3.63, 3.8) is 0 Å². The highest BCUT2D eigenvalue weighted by Gasteiger charge is 2.24. The predicted octanol–water partition coefficient (Wildman–Crippen LogP) is 4.02. The van der Waals surface area contributed by atoms with Crippen LogP contribution < -0.4 is 20.4 Å². The van der Waals surface area contributed by atoms with Gasteiger partial charge in [-0.1, -0.05) is 36.0 Å². The number of hydrogen-bond acceptors (Lipinski definition) is 6. The summed E-state index contributed by atoms with van der Waals surface area (Å²) in [6, 6.07) is 16.7. The predicted molar refractivity (Wildman–Crippen MR) is 128 cm³/mol. The molecule has 1 fully saturated rings. The van der Waals surface area contributed by atoms with Gasteiger partial charge in [-0.25, -0.2) is 9.78 Å². The van der Waals surface area contributed by atoms with E-state index in [1.165, 1.54) is 32.5 Å². The minimum Gasteiger partial charge on any atom is -0.356 e. The third-order valence-electron chi connectivity index (χ3n) is 5.38. The average Bonchev–Trinajstić information content (AvgIpc) is 3.44. The lowest BCUT2D eigenvalue weighted by Gasteiger charge is -2.32. The number of nitrogens with zero attached hydrogens (tertiary/aromatic N) is 3. The summed E-state index contributed by atoms with van der Waals surface area (Å²) in [6.07, 6.45) is 1.05. The maximum atomic E-state index is 12.4. The molecule has 9 heteroatoms. The van der Waals surface area contributed by atoms with Crippen LogP contribution in [0.25, 0.3) is 0 Å². The van der Waals surface area contributed by atoms with Crippen LogP contribution in [-0.2, 0) is 11.2 Å². The number of fused-ring (bicyclic) bond motifs is 2. The van der Waals surface area contributed by atoms with Crippen LogP contribution in [0.3, 0.4) is 0 Å². The van der Waals surface area contributed by atoms with E-state index in [1.54, 1.807) is 16.7 Å². The zero-order valence-electron chi connectivity index (χ0n) is 17.4. The van der Waals surface area contributed by atoms with E-state index in [-0.39, 0.29) is 18.4 Å². The molecule has 1 saturated heterocycles. The Morgan fingerprint density at radius 3 is 2.50 bits per heavy atom. The Labute approximate surface area is 194 Å². The van der Waals surface area contributed by atoms with E-state index in [9.17, 15) is 9.59 Å².